The van der Waals surface area contributed by atoms with Gasteiger partial charge in [-0.25, -0.2) is 0 Å². The van der Waals surface area contributed by atoms with Crippen LogP contribution >= 0.6 is 0 Å². The Bertz CT molecular complexity index is 66.1. The standard InChI is InChI=1S/C4H9BO4.2Na/c6-3-1-2-4-9-5(7)8;;/h6H,1-4H2;;/q-2;2*+1. The van der Waals surface area contributed by atoms with Crippen LogP contribution in [0.25, 0.3) is 0 Å². The van der Waals surface area contributed by atoms with Crippen LogP contribution in [0.4, 0.5) is 0 Å². The normalized spacial score (nSPS) is 7.91. The second kappa shape index (κ2) is 14.4. The smallest absolute Gasteiger partial charge is 0.871 e. The van der Waals surface area contributed by atoms with E-state index in [9.17, 15) is 10.0 Å². The second-order valence-electron chi connectivity index (χ2n) is 1.59. The SMILES string of the molecule is [Na+].[Na+].[O-]B([O-])OCCCCO. The monoisotopic (exact) mass is 178 g/mol. The average molecular weight is 178 g/mol. The van der Waals surface area contributed by atoms with Gasteiger partial charge in [0, 0.05) is 13.2 Å². The summed E-state index contributed by atoms with van der Waals surface area (Å²) in [4.78, 5) is 0. The number of hydrogen-bond acceptors (Lipinski definition) is 4. The van der Waals surface area contributed by atoms with Crippen LogP contribution in [0.15, 0.2) is 0 Å². The van der Waals surface area contributed by atoms with Crippen LogP contribution in [0.3, 0.4) is 0 Å². The van der Waals surface area contributed by atoms with E-state index < -0.39 is 7.32 Å². The van der Waals surface area contributed by atoms with Gasteiger partial charge >= 0.3 is 59.1 Å². The van der Waals surface area contributed by atoms with Gasteiger partial charge < -0.3 is 19.8 Å². The number of aliphatic hydroxyl groups excluding tert-OH is 1. The molecule has 0 fully saturated rings. The fraction of sp³-hybridized carbons (Fsp3) is 1.00. The van der Waals surface area contributed by atoms with Gasteiger partial charge in [0.15, 0.2) is 0 Å². The first kappa shape index (κ1) is 18.6. The van der Waals surface area contributed by atoms with E-state index in [1.807, 2.05) is 0 Å². The van der Waals surface area contributed by atoms with Crippen molar-refractivity contribution in [3.05, 3.63) is 0 Å². The van der Waals surface area contributed by atoms with Crippen LogP contribution in [0.5, 0.6) is 0 Å². The molecular weight excluding hydrogens is 169 g/mol. The van der Waals surface area contributed by atoms with E-state index in [4.69, 9.17) is 5.11 Å². The van der Waals surface area contributed by atoms with Crippen LogP contribution in [0, 0.1) is 0 Å². The van der Waals surface area contributed by atoms with Gasteiger partial charge in [-0.1, -0.05) is 0 Å². The number of hydrogen-bond donors (Lipinski definition) is 1. The minimum absolute atomic E-state index is 0. The summed E-state index contributed by atoms with van der Waals surface area (Å²) in [5.41, 5.74) is 0. The van der Waals surface area contributed by atoms with Crippen LogP contribution in [-0.4, -0.2) is 25.6 Å². The molecule has 0 unspecified atom stereocenters. The molecule has 0 bridgehead atoms. The topological polar surface area (TPSA) is 75.6 Å². The number of rotatable bonds is 5. The van der Waals surface area contributed by atoms with Crippen molar-refractivity contribution in [3.63, 3.8) is 0 Å². The van der Waals surface area contributed by atoms with Crippen LogP contribution in [0.1, 0.15) is 12.8 Å². The molecule has 11 heavy (non-hydrogen) atoms. The second-order valence-corrected chi connectivity index (χ2v) is 1.59. The molecule has 0 aromatic carbocycles. The molecule has 0 amide bonds. The molecule has 0 aliphatic rings. The maximum atomic E-state index is 9.65. The van der Waals surface area contributed by atoms with Crippen LogP contribution in [0.2, 0.25) is 0 Å². The molecule has 1 N–H and O–H groups in total. The molecule has 7 heteroatoms. The Morgan fingerprint density at radius 1 is 1.18 bits per heavy atom. The van der Waals surface area contributed by atoms with Crippen molar-refractivity contribution in [2.75, 3.05) is 13.2 Å². The molecule has 0 atom stereocenters. The maximum Gasteiger partial charge on any atom is 1.00 e. The average Bonchev–Trinajstić information content (AvgIpc) is 1.80. The molecule has 54 valence electrons. The Kier molecular flexibility index (Phi) is 24.5. The molecule has 0 aliphatic carbocycles. The third kappa shape index (κ3) is 18.7. The molecule has 0 saturated heterocycles. The predicted octanol–water partition coefficient (Wildman–Crippen LogP) is -8.51. The third-order valence-corrected chi connectivity index (χ3v) is 0.806. The predicted molar refractivity (Wildman–Crippen MR) is 28.0 cm³/mol. The van der Waals surface area contributed by atoms with Crippen molar-refractivity contribution in [3.8, 4) is 0 Å². The van der Waals surface area contributed by atoms with Gasteiger partial charge in [0.05, 0.1) is 7.32 Å². The van der Waals surface area contributed by atoms with E-state index in [2.05, 4.69) is 4.65 Å². The van der Waals surface area contributed by atoms with Gasteiger partial charge in [-0.2, -0.15) is 0 Å². The molecule has 0 aliphatic heterocycles. The summed E-state index contributed by atoms with van der Waals surface area (Å²) in [6, 6.07) is 0. The minimum Gasteiger partial charge on any atom is -0.871 e. The van der Waals surface area contributed by atoms with E-state index in [0.29, 0.717) is 12.8 Å². The number of aliphatic hydroxyl groups is 1. The number of unbranched alkanes of at least 4 members (excludes halogenated alkanes) is 1. The van der Waals surface area contributed by atoms with E-state index in [1.165, 1.54) is 0 Å². The quantitative estimate of drug-likeness (QED) is 0.335. The maximum absolute atomic E-state index is 9.65. The van der Waals surface area contributed by atoms with Crippen LogP contribution in [-0.2, 0) is 4.65 Å². The molecule has 4 nitrogen and oxygen atoms in total. The fourth-order valence-corrected chi connectivity index (χ4v) is 0.393. The first-order valence-electron chi connectivity index (χ1n) is 2.81. The van der Waals surface area contributed by atoms with Crippen molar-refractivity contribution in [2.45, 2.75) is 12.8 Å². The van der Waals surface area contributed by atoms with Crippen molar-refractivity contribution < 1.29 is 78.9 Å². The van der Waals surface area contributed by atoms with Crippen molar-refractivity contribution >= 4 is 7.32 Å². The Morgan fingerprint density at radius 3 is 2.09 bits per heavy atom. The molecule has 0 radical (unpaired) electrons. The largest absolute Gasteiger partial charge is 1.00 e. The van der Waals surface area contributed by atoms with Gasteiger partial charge in [-0.15, -0.1) is 0 Å². The first-order chi connectivity index (χ1) is 4.27. The fourth-order valence-electron chi connectivity index (χ4n) is 0.393. The van der Waals surface area contributed by atoms with Gasteiger partial charge in [0.1, 0.15) is 0 Å². The Hall–Kier alpha value is 1.90. The van der Waals surface area contributed by atoms with E-state index in [1.54, 1.807) is 0 Å². The molecule has 0 aromatic heterocycles. The van der Waals surface area contributed by atoms with Gasteiger partial charge in [0.25, 0.3) is 0 Å². The molecule has 0 saturated carbocycles. The summed E-state index contributed by atoms with van der Waals surface area (Å²) >= 11 is 0. The van der Waals surface area contributed by atoms with E-state index >= 15 is 0 Å². The van der Waals surface area contributed by atoms with Gasteiger partial charge in [-0.05, 0) is 12.8 Å². The van der Waals surface area contributed by atoms with E-state index in [0.717, 1.165) is 0 Å². The minimum atomic E-state index is -2.18. The molecule has 0 rings (SSSR count). The summed E-state index contributed by atoms with van der Waals surface area (Å²) in [5, 5.41) is 27.5. The third-order valence-electron chi connectivity index (χ3n) is 0.806. The van der Waals surface area contributed by atoms with Gasteiger partial charge in [0.2, 0.25) is 0 Å². The van der Waals surface area contributed by atoms with Gasteiger partial charge in [-0.3, -0.25) is 0 Å². The summed E-state index contributed by atoms with van der Waals surface area (Å²) in [6.07, 6.45) is 1.14. The zero-order valence-electron chi connectivity index (χ0n) is 7.08. The molecule has 0 heterocycles. The zero-order chi connectivity index (χ0) is 7.11. The summed E-state index contributed by atoms with van der Waals surface area (Å²) in [5.74, 6) is 0. The van der Waals surface area contributed by atoms with Crippen LogP contribution < -0.4 is 69.2 Å². The Morgan fingerprint density at radius 2 is 1.73 bits per heavy atom. The zero-order valence-corrected chi connectivity index (χ0v) is 11.1. The summed E-state index contributed by atoms with van der Waals surface area (Å²) in [7, 11) is -2.18. The van der Waals surface area contributed by atoms with E-state index in [-0.39, 0.29) is 72.3 Å². The Labute approximate surface area is 111 Å². The molecular formula is C4H9BNa2O4. The summed E-state index contributed by atoms with van der Waals surface area (Å²) in [6.45, 7) is 0.226. The first-order valence-corrected chi connectivity index (χ1v) is 2.81. The Balaban J connectivity index is -0.000000320. The summed E-state index contributed by atoms with van der Waals surface area (Å²) < 4.78 is 4.12. The van der Waals surface area contributed by atoms with Crippen molar-refractivity contribution in [1.82, 2.24) is 0 Å². The van der Waals surface area contributed by atoms with Crippen molar-refractivity contribution in [2.24, 2.45) is 0 Å². The van der Waals surface area contributed by atoms with Crippen molar-refractivity contribution in [1.29, 1.82) is 0 Å². The molecule has 0 aromatic rings. The molecule has 0 spiro atoms.